The Morgan fingerprint density at radius 3 is 2.32 bits per heavy atom. The zero-order valence-corrected chi connectivity index (χ0v) is 20.7. The smallest absolute Gasteiger partial charge is 0.411 e. The number of amides is 3. The highest BCUT2D eigenvalue weighted by atomic mass is 16.6. The zero-order valence-electron chi connectivity index (χ0n) is 20.7. The van der Waals surface area contributed by atoms with Crippen LogP contribution < -0.4 is 10.6 Å². The van der Waals surface area contributed by atoms with E-state index in [1.807, 2.05) is 62.9 Å². The van der Waals surface area contributed by atoms with E-state index in [4.69, 9.17) is 4.74 Å². The summed E-state index contributed by atoms with van der Waals surface area (Å²) < 4.78 is 7.80. The van der Waals surface area contributed by atoms with Crippen molar-refractivity contribution >= 4 is 23.6 Å². The molecule has 2 aliphatic rings. The molecule has 1 spiro atoms. The molecule has 1 fully saturated rings. The van der Waals surface area contributed by atoms with Crippen molar-refractivity contribution in [1.82, 2.24) is 14.8 Å². The first-order valence-corrected chi connectivity index (χ1v) is 11.9. The van der Waals surface area contributed by atoms with Crippen molar-refractivity contribution in [2.45, 2.75) is 78.1 Å². The number of carbonyl (C=O) groups excluding carboxylic acids is 3. The van der Waals surface area contributed by atoms with Crippen LogP contribution in [-0.4, -0.2) is 39.5 Å². The molecule has 1 saturated carbocycles. The Kier molecular flexibility index (Phi) is 6.18. The molecule has 2 aromatic rings. The van der Waals surface area contributed by atoms with Gasteiger partial charge in [0.15, 0.2) is 0 Å². The predicted octanol–water partition coefficient (Wildman–Crippen LogP) is 4.31. The van der Waals surface area contributed by atoms with Crippen molar-refractivity contribution in [2.75, 3.05) is 11.9 Å². The summed E-state index contributed by atoms with van der Waals surface area (Å²) in [5.74, 6) is -0.260. The first-order valence-electron chi connectivity index (χ1n) is 11.9. The quantitative estimate of drug-likeness (QED) is 0.702. The standard InChI is InChI=1S/C26H34N4O4/c1-17-15-21(23(32)27-16-19-7-9-20(10-8-19)28-18(2)31)29-13-14-30(24(33)34-25(3,4)5)26(22(17)29)11-6-12-26/h7-10,15H,6,11-14,16H2,1-5H3,(H,27,32)(H,28,31). The fourth-order valence-electron chi connectivity index (χ4n) is 5.05. The van der Waals surface area contributed by atoms with Crippen LogP contribution in [0.1, 0.15) is 74.3 Å². The Labute approximate surface area is 200 Å². The van der Waals surface area contributed by atoms with Gasteiger partial charge in [-0.1, -0.05) is 12.1 Å². The van der Waals surface area contributed by atoms with Gasteiger partial charge in [-0.3, -0.25) is 14.5 Å². The summed E-state index contributed by atoms with van der Waals surface area (Å²) in [7, 11) is 0. The molecule has 1 aromatic carbocycles. The van der Waals surface area contributed by atoms with Crippen LogP contribution in [0.25, 0.3) is 0 Å². The van der Waals surface area contributed by atoms with Crippen LogP contribution in [0.5, 0.6) is 0 Å². The maximum absolute atomic E-state index is 13.1. The number of ether oxygens (including phenoxy) is 1. The van der Waals surface area contributed by atoms with Crippen molar-refractivity contribution in [2.24, 2.45) is 0 Å². The molecule has 34 heavy (non-hydrogen) atoms. The number of fused-ring (bicyclic) bond motifs is 2. The minimum absolute atomic E-state index is 0.121. The summed E-state index contributed by atoms with van der Waals surface area (Å²) in [6.45, 7) is 10.6. The second-order valence-electron chi connectivity index (χ2n) is 10.3. The number of hydrogen-bond donors (Lipinski definition) is 2. The molecular weight excluding hydrogens is 432 g/mol. The van der Waals surface area contributed by atoms with E-state index in [1.54, 1.807) is 0 Å². The fourth-order valence-corrected chi connectivity index (χ4v) is 5.05. The molecule has 2 heterocycles. The minimum atomic E-state index is -0.554. The fraction of sp³-hybridized carbons (Fsp3) is 0.500. The lowest BCUT2D eigenvalue weighted by molar-refractivity contribution is -0.114. The predicted molar refractivity (Wildman–Crippen MR) is 130 cm³/mol. The number of benzene rings is 1. The Morgan fingerprint density at radius 2 is 1.76 bits per heavy atom. The van der Waals surface area contributed by atoms with Gasteiger partial charge in [0.25, 0.3) is 5.91 Å². The summed E-state index contributed by atoms with van der Waals surface area (Å²) in [5, 5.41) is 5.75. The molecule has 0 saturated heterocycles. The summed E-state index contributed by atoms with van der Waals surface area (Å²) in [6.07, 6.45) is 2.50. The van der Waals surface area contributed by atoms with Crippen molar-refractivity contribution < 1.29 is 19.1 Å². The third-order valence-corrected chi connectivity index (χ3v) is 6.55. The SMILES string of the molecule is CC(=O)Nc1ccc(CNC(=O)c2cc(C)c3n2CCN(C(=O)OC(C)(C)C)C32CCC2)cc1. The highest BCUT2D eigenvalue weighted by Gasteiger charge is 2.52. The van der Waals surface area contributed by atoms with E-state index in [0.717, 1.165) is 41.8 Å². The van der Waals surface area contributed by atoms with Crippen molar-refractivity contribution in [3.63, 3.8) is 0 Å². The second-order valence-corrected chi connectivity index (χ2v) is 10.3. The van der Waals surface area contributed by atoms with Gasteiger partial charge in [-0.25, -0.2) is 4.79 Å². The maximum atomic E-state index is 13.1. The van der Waals surface area contributed by atoms with Crippen LogP contribution in [0.4, 0.5) is 10.5 Å². The number of nitrogens with zero attached hydrogens (tertiary/aromatic N) is 2. The number of aryl methyl sites for hydroxylation is 1. The van der Waals surface area contributed by atoms with Gasteiger partial charge in [0.1, 0.15) is 11.3 Å². The highest BCUT2D eigenvalue weighted by molar-refractivity contribution is 5.93. The van der Waals surface area contributed by atoms with E-state index in [0.29, 0.717) is 25.3 Å². The number of rotatable bonds is 4. The summed E-state index contributed by atoms with van der Waals surface area (Å²) in [6, 6.07) is 9.33. The van der Waals surface area contributed by atoms with Crippen LogP contribution >= 0.6 is 0 Å². The van der Waals surface area contributed by atoms with Gasteiger partial charge < -0.3 is 19.9 Å². The molecule has 8 heteroatoms. The Bertz CT molecular complexity index is 1110. The van der Waals surface area contributed by atoms with E-state index >= 15 is 0 Å². The van der Waals surface area contributed by atoms with Gasteiger partial charge in [0.2, 0.25) is 5.91 Å². The lowest BCUT2D eigenvalue weighted by atomic mass is 9.71. The van der Waals surface area contributed by atoms with Crippen LogP contribution in [0.15, 0.2) is 30.3 Å². The summed E-state index contributed by atoms with van der Waals surface area (Å²) in [5.41, 5.74) is 3.41. The molecule has 8 nitrogen and oxygen atoms in total. The van der Waals surface area contributed by atoms with Crippen LogP contribution in [0.2, 0.25) is 0 Å². The largest absolute Gasteiger partial charge is 0.444 e. The van der Waals surface area contributed by atoms with Gasteiger partial charge in [-0.2, -0.15) is 0 Å². The Morgan fingerprint density at radius 1 is 1.09 bits per heavy atom. The first kappa shape index (κ1) is 23.9. The number of carbonyl (C=O) groups is 3. The first-order chi connectivity index (χ1) is 16.0. The maximum Gasteiger partial charge on any atom is 0.411 e. The molecule has 182 valence electrons. The minimum Gasteiger partial charge on any atom is -0.444 e. The molecule has 2 N–H and O–H groups in total. The average molecular weight is 467 g/mol. The van der Waals surface area contributed by atoms with Gasteiger partial charge in [-0.15, -0.1) is 0 Å². The van der Waals surface area contributed by atoms with Crippen LogP contribution in [0.3, 0.4) is 0 Å². The van der Waals surface area contributed by atoms with Crippen molar-refractivity contribution in [3.05, 3.63) is 52.8 Å². The molecule has 0 bridgehead atoms. The van der Waals surface area contributed by atoms with Gasteiger partial charge >= 0.3 is 6.09 Å². The monoisotopic (exact) mass is 466 g/mol. The highest BCUT2D eigenvalue weighted by Crippen LogP contribution is 2.50. The van der Waals surface area contributed by atoms with E-state index in [1.165, 1.54) is 6.92 Å². The molecule has 0 radical (unpaired) electrons. The van der Waals surface area contributed by atoms with E-state index < -0.39 is 11.1 Å². The molecule has 0 atom stereocenters. The molecule has 1 aromatic heterocycles. The normalized spacial score (nSPS) is 16.4. The molecule has 0 unspecified atom stereocenters. The summed E-state index contributed by atoms with van der Waals surface area (Å²) >= 11 is 0. The number of anilines is 1. The third kappa shape index (κ3) is 4.54. The molecule has 1 aliphatic carbocycles. The topological polar surface area (TPSA) is 92.7 Å². The van der Waals surface area contributed by atoms with Gasteiger partial charge in [-0.05, 0) is 76.3 Å². The number of hydrogen-bond acceptors (Lipinski definition) is 4. The molecule has 3 amide bonds. The van der Waals surface area contributed by atoms with E-state index in [-0.39, 0.29) is 17.9 Å². The third-order valence-electron chi connectivity index (χ3n) is 6.55. The number of nitrogens with one attached hydrogen (secondary N) is 2. The van der Waals surface area contributed by atoms with Crippen LogP contribution in [0, 0.1) is 6.92 Å². The molecule has 1 aliphatic heterocycles. The van der Waals surface area contributed by atoms with Crippen LogP contribution in [-0.2, 0) is 28.2 Å². The summed E-state index contributed by atoms with van der Waals surface area (Å²) in [4.78, 5) is 39.2. The number of aromatic nitrogens is 1. The van der Waals surface area contributed by atoms with Gasteiger partial charge in [0, 0.05) is 37.9 Å². The van der Waals surface area contributed by atoms with Gasteiger partial charge in [0.05, 0.1) is 5.54 Å². The van der Waals surface area contributed by atoms with E-state index in [2.05, 4.69) is 15.2 Å². The Balaban J connectivity index is 1.51. The lowest BCUT2D eigenvalue weighted by Gasteiger charge is -2.53. The molecule has 4 rings (SSSR count). The molecular formula is C26H34N4O4. The van der Waals surface area contributed by atoms with E-state index in [9.17, 15) is 14.4 Å². The Hall–Kier alpha value is -3.29. The van der Waals surface area contributed by atoms with Crippen molar-refractivity contribution in [3.8, 4) is 0 Å². The second kappa shape index (κ2) is 8.81. The zero-order chi connectivity index (χ0) is 24.7. The van der Waals surface area contributed by atoms with Crippen molar-refractivity contribution in [1.29, 1.82) is 0 Å². The average Bonchev–Trinajstić information content (AvgIpc) is 3.06. The lowest BCUT2D eigenvalue weighted by Crippen LogP contribution is -2.59.